The van der Waals surface area contributed by atoms with Gasteiger partial charge in [-0.15, -0.1) is 59.6 Å². The average Bonchev–Trinajstić information content (AvgIpc) is 0.818. The molecule has 0 spiro atoms. The normalized spacial score (nSPS) is 14.7. The van der Waals surface area contributed by atoms with Gasteiger partial charge in [0, 0.05) is 158 Å². The Morgan fingerprint density at radius 3 is 1.04 bits per heavy atom. The number of nitrogens with zero attached hydrogens (tertiary/aromatic N) is 15. The van der Waals surface area contributed by atoms with Crippen molar-refractivity contribution in [3.63, 3.8) is 0 Å². The number of phenolic OH excluding ortho intramolecular Hbond substituents is 4. The van der Waals surface area contributed by atoms with Crippen LogP contribution < -0.4 is 47.9 Å². The highest BCUT2D eigenvalue weighted by Gasteiger charge is 2.27. The SMILES string of the molecule is C#CC(=O)OC(C)(C)C.CC(C)(C)OC(=O)/C=C/N1CCN(c2cc(-c3ccccc3O)nnc2N)CC1.CC(C)(C)OC(=O)CCN1CCN(c2cc(-c3ccccc3O)nnc2N)CC1.Cl.Nc1nnc(-c2ccccc2O)cc1N1CCN(CCC(=O)O)CC1.Nc1nnc(-c2ccccc2O)cc1N1CCNCC1. The van der Waals surface area contributed by atoms with Gasteiger partial charge in [-0.1, -0.05) is 48.5 Å². The molecule has 4 aliphatic heterocycles. The number of carbonyl (C=O) groups is 4. The van der Waals surface area contributed by atoms with Gasteiger partial charge in [-0.3, -0.25) is 19.4 Å². The third kappa shape index (κ3) is 27.7. The maximum absolute atomic E-state index is 11.9. The molecule has 12 rings (SSSR count). The van der Waals surface area contributed by atoms with E-state index in [0.29, 0.717) is 87.8 Å². The number of carboxylic acids is 1. The number of piperazine rings is 4. The van der Waals surface area contributed by atoms with Crippen LogP contribution in [0.4, 0.5) is 46.0 Å². The number of ether oxygens (including phenoxy) is 3. The Balaban J connectivity index is 0.000000202. The van der Waals surface area contributed by atoms with E-state index in [1.165, 1.54) is 6.08 Å². The number of halogens is 1. The average molecular weight is 1570 g/mol. The Morgan fingerprint density at radius 2 is 0.743 bits per heavy atom. The zero-order chi connectivity index (χ0) is 81.3. The molecule has 0 atom stereocenters. The summed E-state index contributed by atoms with van der Waals surface area (Å²) in [5, 5.41) is 84.8. The summed E-state index contributed by atoms with van der Waals surface area (Å²) in [6, 6.07) is 35.5. The first-order valence-corrected chi connectivity index (χ1v) is 36.8. The number of esters is 3. The van der Waals surface area contributed by atoms with Crippen LogP contribution in [0.25, 0.3) is 45.0 Å². The van der Waals surface area contributed by atoms with Gasteiger partial charge in [0.15, 0.2) is 23.3 Å². The van der Waals surface area contributed by atoms with E-state index in [4.69, 9.17) is 48.7 Å². The minimum Gasteiger partial charge on any atom is -0.507 e. The Morgan fingerprint density at radius 1 is 0.442 bits per heavy atom. The van der Waals surface area contributed by atoms with Gasteiger partial charge >= 0.3 is 23.9 Å². The number of carbonyl (C=O) groups excluding carboxylic acids is 3. The maximum atomic E-state index is 11.9. The van der Waals surface area contributed by atoms with Crippen molar-refractivity contribution in [1.29, 1.82) is 0 Å². The second-order valence-electron chi connectivity index (χ2n) is 29.5. The molecule has 4 saturated heterocycles. The number of nitrogens with two attached hydrogens (primary N) is 4. The van der Waals surface area contributed by atoms with Gasteiger partial charge in [-0.2, -0.15) is 0 Å². The van der Waals surface area contributed by atoms with E-state index in [9.17, 15) is 39.6 Å². The van der Waals surface area contributed by atoms with E-state index in [1.807, 2.05) is 102 Å². The molecule has 0 bridgehead atoms. The summed E-state index contributed by atoms with van der Waals surface area (Å²) in [5.41, 5.74) is 30.8. The number of rotatable bonds is 16. The van der Waals surface area contributed by atoms with E-state index in [0.717, 1.165) is 127 Å². The number of terminal acetylenes is 1. The molecule has 14 N–H and O–H groups in total. The highest BCUT2D eigenvalue weighted by atomic mass is 35.5. The Bertz CT molecular complexity index is 4540. The van der Waals surface area contributed by atoms with Crippen molar-refractivity contribution in [2.45, 2.75) is 92.0 Å². The predicted octanol–water partition coefficient (Wildman–Crippen LogP) is 7.95. The highest BCUT2D eigenvalue weighted by molar-refractivity contribution is 5.88. The summed E-state index contributed by atoms with van der Waals surface area (Å²) in [7, 11) is 0. The molecule has 33 heteroatoms. The third-order valence-electron chi connectivity index (χ3n) is 17.5. The Labute approximate surface area is 665 Å². The zero-order valence-corrected chi connectivity index (χ0v) is 66.3. The van der Waals surface area contributed by atoms with Crippen LogP contribution in [0.5, 0.6) is 23.0 Å². The standard InChI is InChI=1S/C21H29N5O3.C21H27N5O3.C17H21N5O3.C14H17N5O.C7H10O2.ClH/c2*1-21(2,3)29-19(28)8-9-25-10-12-26(13-11-25)17-14-16(23-24-20(17)22)15-6-4-5-7-18(15)27;18-17-14(22-9-7-21(8-10-22)6-5-16(24)25)11-13(19-20-17)12-3-1-2-4-15(12)23;15-14-12(19-7-5-16-6-8-19)9-11(17-18-14)10-3-1-2-4-13(10)20;1-5-6(8)9-7(2,3)4;/h4-7,14,27H,8-13H2,1-3H3,(H2,22,24);4-9,14,27H,10-13H2,1-3H3,(H2,22,24);1-4,11,23H,5-10H2,(H2,18,20)(H,24,25);1-4,9,16,20H,5-8H2,(H2,15,18);1H,2-4H3;1H/b;9-8+;;;;. The molecular formula is C80H105ClN20O12. The monoisotopic (exact) mass is 1570 g/mol. The highest BCUT2D eigenvalue weighted by Crippen LogP contribution is 2.36. The van der Waals surface area contributed by atoms with Crippen LogP contribution in [0.3, 0.4) is 0 Å². The van der Waals surface area contributed by atoms with Crippen molar-refractivity contribution < 1.29 is 58.9 Å². The molecule has 0 amide bonds. The van der Waals surface area contributed by atoms with Crippen molar-refractivity contribution >= 4 is 82.3 Å². The summed E-state index contributed by atoms with van der Waals surface area (Å²) in [6.07, 6.45) is 8.52. The topological polar surface area (TPSA) is 439 Å². The number of para-hydroxylation sites is 4. The Kier molecular flexibility index (Phi) is 32.2. The lowest BCUT2D eigenvalue weighted by atomic mass is 10.1. The number of nitrogen functional groups attached to an aromatic ring is 4. The molecule has 32 nitrogen and oxygen atoms in total. The number of benzene rings is 4. The quantitative estimate of drug-likeness (QED) is 0.0144. The fourth-order valence-corrected chi connectivity index (χ4v) is 12.0. The minimum absolute atomic E-state index is 0. The zero-order valence-electron chi connectivity index (χ0n) is 65.4. The molecule has 4 aromatic carbocycles. The molecule has 8 heterocycles. The first-order chi connectivity index (χ1) is 53.2. The van der Waals surface area contributed by atoms with Gasteiger partial charge in [0.2, 0.25) is 0 Å². The molecule has 0 unspecified atom stereocenters. The van der Waals surface area contributed by atoms with Gasteiger partial charge in [0.1, 0.15) is 39.8 Å². The number of aromatic nitrogens is 8. The summed E-state index contributed by atoms with van der Waals surface area (Å²) in [4.78, 5) is 59.8. The van der Waals surface area contributed by atoms with Crippen LogP contribution in [0, 0.1) is 12.3 Å². The van der Waals surface area contributed by atoms with Crippen LogP contribution >= 0.6 is 12.4 Å². The second kappa shape index (κ2) is 41.3. The molecule has 0 saturated carbocycles. The fourth-order valence-electron chi connectivity index (χ4n) is 12.0. The third-order valence-corrected chi connectivity index (χ3v) is 17.5. The van der Waals surface area contributed by atoms with E-state index >= 15 is 0 Å². The molecule has 4 aliphatic rings. The van der Waals surface area contributed by atoms with Crippen LogP contribution in [0.2, 0.25) is 0 Å². The van der Waals surface area contributed by atoms with Crippen molar-refractivity contribution in [3.05, 3.63) is 134 Å². The molecule has 8 aromatic rings. The number of phenols is 4. The Hall–Kier alpha value is -12.1. The molecule has 113 heavy (non-hydrogen) atoms. The van der Waals surface area contributed by atoms with Gasteiger partial charge < -0.3 is 92.5 Å². The van der Waals surface area contributed by atoms with Crippen LogP contribution in [-0.2, 0) is 33.4 Å². The van der Waals surface area contributed by atoms with Crippen molar-refractivity contribution in [2.24, 2.45) is 0 Å². The van der Waals surface area contributed by atoms with Crippen molar-refractivity contribution in [2.75, 3.05) is 160 Å². The van der Waals surface area contributed by atoms with Gasteiger partial charge in [-0.05, 0) is 135 Å². The van der Waals surface area contributed by atoms with Gasteiger partial charge in [0.05, 0.1) is 58.4 Å². The van der Waals surface area contributed by atoms with E-state index in [-0.39, 0.29) is 53.8 Å². The number of hydrogen-bond donors (Lipinski definition) is 10. The first kappa shape index (κ1) is 88.2. The van der Waals surface area contributed by atoms with Crippen molar-refractivity contribution in [3.8, 4) is 80.4 Å². The van der Waals surface area contributed by atoms with Crippen LogP contribution in [0.1, 0.15) is 75.2 Å². The van der Waals surface area contributed by atoms with E-state index < -0.39 is 28.7 Å². The molecule has 0 radical (unpaired) electrons. The summed E-state index contributed by atoms with van der Waals surface area (Å²) < 4.78 is 15.4. The summed E-state index contributed by atoms with van der Waals surface area (Å²) in [6.45, 7) is 30.3. The van der Waals surface area contributed by atoms with Crippen LogP contribution in [0.15, 0.2) is 134 Å². The molecule has 4 aromatic heterocycles. The lowest BCUT2D eigenvalue weighted by molar-refractivity contribution is -0.155. The fraction of sp³-hybridized carbons (Fsp3) is 0.400. The first-order valence-electron chi connectivity index (χ1n) is 36.8. The lowest BCUT2D eigenvalue weighted by Crippen LogP contribution is -2.47. The number of anilines is 8. The predicted molar refractivity (Wildman–Crippen MR) is 440 cm³/mol. The maximum Gasteiger partial charge on any atom is 0.384 e. The molecule has 0 aliphatic carbocycles. The van der Waals surface area contributed by atoms with E-state index in [2.05, 4.69) is 80.4 Å². The minimum atomic E-state index is -0.780. The molecule has 4 fully saturated rings. The smallest absolute Gasteiger partial charge is 0.384 e. The van der Waals surface area contributed by atoms with Gasteiger partial charge in [0.25, 0.3) is 0 Å². The number of aromatic hydroxyl groups is 4. The summed E-state index contributed by atoms with van der Waals surface area (Å²) in [5.74, 6) is 2.07. The number of carboxylic acid groups (broad SMARTS) is 1. The molecular weight excluding hydrogens is 1470 g/mol. The van der Waals surface area contributed by atoms with Crippen molar-refractivity contribution in [1.82, 2.24) is 60.8 Å². The second-order valence-corrected chi connectivity index (χ2v) is 29.5. The lowest BCUT2D eigenvalue weighted by Gasteiger charge is -2.36. The molecule has 604 valence electrons. The number of nitrogens with one attached hydrogen (secondary N) is 1. The van der Waals surface area contributed by atoms with E-state index in [1.54, 1.807) is 93.7 Å². The van der Waals surface area contributed by atoms with Gasteiger partial charge in [-0.25, -0.2) is 9.59 Å². The largest absolute Gasteiger partial charge is 0.507 e. The number of aliphatic carboxylic acids is 1. The number of hydrogen-bond acceptors (Lipinski definition) is 31. The van der Waals surface area contributed by atoms with Crippen LogP contribution in [-0.4, -0.2) is 240 Å². The summed E-state index contributed by atoms with van der Waals surface area (Å²) >= 11 is 0.